The highest BCUT2D eigenvalue weighted by Crippen LogP contribution is 2.48. The second-order valence-electron chi connectivity index (χ2n) is 9.03. The zero-order valence-electron chi connectivity index (χ0n) is 18.5. The Kier molecular flexibility index (Phi) is 5.28. The maximum atomic E-state index is 12.7. The van der Waals surface area contributed by atoms with Gasteiger partial charge in [-0.3, -0.25) is 4.79 Å². The molecule has 1 aliphatic heterocycles. The van der Waals surface area contributed by atoms with Gasteiger partial charge in [0.1, 0.15) is 10.6 Å². The Morgan fingerprint density at radius 1 is 1.11 bits per heavy atom. The molecular formula is C25H20Cl2N4O3S. The lowest BCUT2D eigenvalue weighted by Gasteiger charge is -2.19. The topological polar surface area (TPSA) is 98.3 Å². The molecule has 35 heavy (non-hydrogen) atoms. The minimum atomic E-state index is -0.983. The number of carbonyl (C=O) groups is 2. The number of rotatable bonds is 5. The Morgan fingerprint density at radius 3 is 2.49 bits per heavy atom. The van der Waals surface area contributed by atoms with E-state index in [1.807, 2.05) is 42.5 Å². The minimum absolute atomic E-state index is 0.0519. The van der Waals surface area contributed by atoms with Gasteiger partial charge >= 0.3 is 5.97 Å². The summed E-state index contributed by atoms with van der Waals surface area (Å²) in [5.74, 6) is -0.684. The lowest BCUT2D eigenvalue weighted by atomic mass is 10.0. The van der Waals surface area contributed by atoms with E-state index in [4.69, 9.17) is 28.2 Å². The van der Waals surface area contributed by atoms with Crippen molar-refractivity contribution in [2.75, 3.05) is 18.0 Å². The Bertz CT molecular complexity index is 1500. The number of halogens is 2. The summed E-state index contributed by atoms with van der Waals surface area (Å²) < 4.78 is 0. The van der Waals surface area contributed by atoms with Crippen molar-refractivity contribution in [3.63, 3.8) is 0 Å². The fourth-order valence-corrected chi connectivity index (χ4v) is 6.33. The quantitative estimate of drug-likeness (QED) is 0.320. The van der Waals surface area contributed by atoms with E-state index >= 15 is 0 Å². The van der Waals surface area contributed by atoms with Crippen LogP contribution in [-0.4, -0.2) is 46.1 Å². The molecule has 1 aliphatic carbocycles. The van der Waals surface area contributed by atoms with Crippen molar-refractivity contribution in [1.29, 1.82) is 0 Å². The largest absolute Gasteiger partial charge is 0.477 e. The van der Waals surface area contributed by atoms with Crippen LogP contribution in [0.4, 0.5) is 5.13 Å². The van der Waals surface area contributed by atoms with Crippen LogP contribution in [-0.2, 0) is 0 Å². The van der Waals surface area contributed by atoms with Crippen molar-refractivity contribution >= 4 is 62.3 Å². The van der Waals surface area contributed by atoms with E-state index < -0.39 is 5.97 Å². The number of nitrogens with zero attached hydrogens (tertiary/aromatic N) is 2. The second-order valence-corrected chi connectivity index (χ2v) is 10.8. The summed E-state index contributed by atoms with van der Waals surface area (Å²) in [6.45, 7) is 3.18. The van der Waals surface area contributed by atoms with Crippen LogP contribution in [0.25, 0.3) is 22.0 Å². The minimum Gasteiger partial charge on any atom is -0.477 e. The third-order valence-corrected chi connectivity index (χ3v) is 8.93. The number of hydrogen-bond donors (Lipinski definition) is 3. The number of aromatic carboxylic acids is 1. The number of aromatic nitrogens is 2. The van der Waals surface area contributed by atoms with Crippen molar-refractivity contribution < 1.29 is 14.7 Å². The van der Waals surface area contributed by atoms with E-state index in [0.717, 1.165) is 16.3 Å². The van der Waals surface area contributed by atoms with Crippen LogP contribution in [0.5, 0.6) is 0 Å². The summed E-state index contributed by atoms with van der Waals surface area (Å²) in [6.07, 6.45) is 0. The fourth-order valence-electron chi connectivity index (χ4n) is 4.97. The highest BCUT2D eigenvalue weighted by molar-refractivity contribution is 7.17. The van der Waals surface area contributed by atoms with Crippen molar-refractivity contribution in [1.82, 2.24) is 15.3 Å². The first-order valence-electron chi connectivity index (χ1n) is 11.1. The van der Waals surface area contributed by atoms with E-state index in [2.05, 4.69) is 15.2 Å². The van der Waals surface area contributed by atoms with Crippen molar-refractivity contribution in [2.45, 2.75) is 13.0 Å². The number of carbonyl (C=O) groups excluding carboxylic acids is 1. The normalized spacial score (nSPS) is 20.8. The van der Waals surface area contributed by atoms with E-state index in [0.29, 0.717) is 34.6 Å². The molecule has 3 atom stereocenters. The third-order valence-electron chi connectivity index (χ3n) is 6.88. The van der Waals surface area contributed by atoms with Crippen LogP contribution in [0.1, 0.15) is 25.9 Å². The van der Waals surface area contributed by atoms with E-state index in [1.165, 1.54) is 11.3 Å². The molecule has 0 radical (unpaired) electrons. The summed E-state index contributed by atoms with van der Waals surface area (Å²) in [6, 6.07) is 13.9. The molecule has 0 unspecified atom stereocenters. The van der Waals surface area contributed by atoms with Gasteiger partial charge < -0.3 is 20.3 Å². The van der Waals surface area contributed by atoms with Crippen molar-refractivity contribution in [2.24, 2.45) is 11.8 Å². The number of carboxylic acids is 1. The summed E-state index contributed by atoms with van der Waals surface area (Å²) in [4.78, 5) is 34.7. The lowest BCUT2D eigenvalue weighted by Crippen LogP contribution is -2.34. The first-order valence-corrected chi connectivity index (χ1v) is 12.7. The number of aromatic amines is 1. The molecule has 4 aromatic rings. The van der Waals surface area contributed by atoms with Gasteiger partial charge in [-0.25, -0.2) is 9.78 Å². The molecule has 1 saturated heterocycles. The molecule has 7 nitrogen and oxygen atoms in total. The van der Waals surface area contributed by atoms with Crippen LogP contribution in [0.15, 0.2) is 42.5 Å². The first kappa shape index (κ1) is 22.4. The first-order chi connectivity index (χ1) is 16.8. The summed E-state index contributed by atoms with van der Waals surface area (Å²) in [7, 11) is 0. The SMILES string of the molecule is Cc1[nH]c(C(=O)N[C@@H]2[C@@H]3CN(c4nc(-c5ccc6ccccc6c5)c(C(=O)O)s4)C[C@@H]32)c(Cl)c1Cl. The standard InChI is InChI=1S/C25H20Cl2N4O3S/c1-11-17(26)18(27)21(28-11)23(32)29-20-15-9-31(10-16(15)20)25-30-19(22(35-25)24(33)34)14-7-6-12-4-2-3-5-13(12)8-14/h2-8,15-16,20,28H,9-10H2,1H3,(H,29,32)(H,33,34)/t15-,16+,20-. The Balaban J connectivity index is 1.19. The fraction of sp³-hybridized carbons (Fsp3) is 0.240. The summed E-state index contributed by atoms with van der Waals surface area (Å²) >= 11 is 13.5. The second kappa shape index (κ2) is 8.26. The number of amides is 1. The van der Waals surface area contributed by atoms with E-state index in [9.17, 15) is 14.7 Å². The molecule has 0 bridgehead atoms. The maximum absolute atomic E-state index is 12.7. The number of piperidine rings is 1. The number of anilines is 1. The van der Waals surface area contributed by atoms with Gasteiger partial charge in [-0.2, -0.15) is 0 Å². The number of H-pyrrole nitrogens is 1. The average Bonchev–Trinajstić information content (AvgIpc) is 3.24. The van der Waals surface area contributed by atoms with Gasteiger partial charge in [0.05, 0.1) is 15.7 Å². The molecule has 2 fully saturated rings. The van der Waals surface area contributed by atoms with Gasteiger partial charge in [0.15, 0.2) is 5.13 Å². The van der Waals surface area contributed by atoms with E-state index in [-0.39, 0.29) is 39.4 Å². The number of fused-ring (bicyclic) bond motifs is 2. The molecule has 2 aromatic heterocycles. The molecule has 0 spiro atoms. The number of thiazole rings is 1. The monoisotopic (exact) mass is 526 g/mol. The van der Waals surface area contributed by atoms with Gasteiger partial charge in [0.25, 0.3) is 5.91 Å². The Morgan fingerprint density at radius 2 is 1.83 bits per heavy atom. The molecule has 2 aliphatic rings. The van der Waals surface area contributed by atoms with Crippen LogP contribution >= 0.6 is 34.5 Å². The van der Waals surface area contributed by atoms with Crippen LogP contribution < -0.4 is 10.2 Å². The molecule has 1 saturated carbocycles. The zero-order chi connectivity index (χ0) is 24.4. The zero-order valence-corrected chi connectivity index (χ0v) is 20.8. The predicted molar refractivity (Wildman–Crippen MR) is 138 cm³/mol. The van der Waals surface area contributed by atoms with Gasteiger partial charge in [-0.1, -0.05) is 70.9 Å². The van der Waals surface area contributed by atoms with Gasteiger partial charge in [-0.05, 0) is 23.8 Å². The van der Waals surface area contributed by atoms with Crippen LogP contribution in [0, 0.1) is 18.8 Å². The van der Waals surface area contributed by atoms with Crippen molar-refractivity contribution in [3.8, 4) is 11.3 Å². The maximum Gasteiger partial charge on any atom is 0.348 e. The molecule has 10 heteroatoms. The predicted octanol–water partition coefficient (Wildman–Crippen LogP) is 5.47. The van der Waals surface area contributed by atoms with Crippen LogP contribution in [0.2, 0.25) is 10.0 Å². The number of nitrogens with one attached hydrogen (secondary N) is 2. The highest BCUT2D eigenvalue weighted by atomic mass is 35.5. The smallest absolute Gasteiger partial charge is 0.348 e. The molecule has 3 heterocycles. The molecular weight excluding hydrogens is 507 g/mol. The molecule has 178 valence electrons. The molecule has 3 N–H and O–H groups in total. The summed E-state index contributed by atoms with van der Waals surface area (Å²) in [5.41, 5.74) is 2.21. The number of aryl methyl sites for hydroxylation is 1. The highest BCUT2D eigenvalue weighted by Gasteiger charge is 2.57. The van der Waals surface area contributed by atoms with Gasteiger partial charge in [-0.15, -0.1) is 0 Å². The average molecular weight is 527 g/mol. The number of carboxylic acid groups (broad SMARTS) is 1. The van der Waals surface area contributed by atoms with Crippen LogP contribution in [0.3, 0.4) is 0 Å². The van der Waals surface area contributed by atoms with Gasteiger partial charge in [0.2, 0.25) is 0 Å². The summed E-state index contributed by atoms with van der Waals surface area (Å²) in [5, 5.41) is 16.3. The van der Waals surface area contributed by atoms with Gasteiger partial charge in [0, 0.05) is 42.2 Å². The Hall–Kier alpha value is -3.07. The van der Waals surface area contributed by atoms with Crippen molar-refractivity contribution in [3.05, 3.63) is 68.8 Å². The third kappa shape index (κ3) is 3.76. The molecule has 1 amide bonds. The molecule has 6 rings (SSSR count). The van der Waals surface area contributed by atoms with E-state index in [1.54, 1.807) is 6.92 Å². The number of benzene rings is 2. The molecule has 2 aromatic carbocycles. The Labute approximate surface area is 214 Å². The number of hydrogen-bond acceptors (Lipinski definition) is 5. The lowest BCUT2D eigenvalue weighted by molar-refractivity contribution is 0.0702.